The highest BCUT2D eigenvalue weighted by Gasteiger charge is 2.30. The standard InChI is InChI=1S/C22H30N2O4S/c1-29(26,27)16-19-18-9-5-6-10-20(18)28-21(19)22(25)24-13-11-23(12-14-24)15-17-7-3-2-4-8-17/h5-6,9-10,17H,2-4,7-8,11-16H2,1H3. The zero-order valence-electron chi connectivity index (χ0n) is 17.1. The van der Waals surface area contributed by atoms with Gasteiger partial charge in [0.2, 0.25) is 0 Å². The summed E-state index contributed by atoms with van der Waals surface area (Å²) in [6.07, 6.45) is 7.90. The summed E-state index contributed by atoms with van der Waals surface area (Å²) in [5.74, 6) is 0.587. The minimum Gasteiger partial charge on any atom is -0.451 e. The predicted octanol–water partition coefficient (Wildman–Crippen LogP) is 3.32. The van der Waals surface area contributed by atoms with Crippen LogP contribution in [-0.4, -0.2) is 63.1 Å². The second-order valence-corrected chi connectivity index (χ2v) is 10.7. The molecule has 6 nitrogen and oxygen atoms in total. The summed E-state index contributed by atoms with van der Waals surface area (Å²) in [7, 11) is -3.29. The van der Waals surface area contributed by atoms with Gasteiger partial charge in [-0.3, -0.25) is 9.69 Å². The van der Waals surface area contributed by atoms with E-state index in [2.05, 4.69) is 4.90 Å². The maximum absolute atomic E-state index is 13.2. The molecule has 7 heteroatoms. The van der Waals surface area contributed by atoms with Crippen molar-refractivity contribution in [2.24, 2.45) is 5.92 Å². The lowest BCUT2D eigenvalue weighted by molar-refractivity contribution is 0.0577. The van der Waals surface area contributed by atoms with E-state index >= 15 is 0 Å². The Balaban J connectivity index is 1.47. The van der Waals surface area contributed by atoms with Crippen molar-refractivity contribution in [1.29, 1.82) is 0 Å². The first-order chi connectivity index (χ1) is 13.9. The van der Waals surface area contributed by atoms with E-state index in [4.69, 9.17) is 4.42 Å². The van der Waals surface area contributed by atoms with Gasteiger partial charge < -0.3 is 9.32 Å². The fourth-order valence-corrected chi connectivity index (χ4v) is 5.50. The van der Waals surface area contributed by atoms with E-state index in [0.29, 0.717) is 29.6 Å². The number of nitrogens with zero attached hydrogens (tertiary/aromatic N) is 2. The van der Waals surface area contributed by atoms with Gasteiger partial charge in [0.25, 0.3) is 5.91 Å². The Morgan fingerprint density at radius 2 is 1.76 bits per heavy atom. The number of furan rings is 1. The summed E-state index contributed by atoms with van der Waals surface area (Å²) >= 11 is 0. The Morgan fingerprint density at radius 3 is 2.45 bits per heavy atom. The molecule has 4 rings (SSSR count). The maximum Gasteiger partial charge on any atom is 0.290 e. The van der Waals surface area contributed by atoms with Gasteiger partial charge in [0.05, 0.1) is 5.75 Å². The molecule has 0 unspecified atom stereocenters. The molecule has 158 valence electrons. The number of hydrogen-bond donors (Lipinski definition) is 0. The lowest BCUT2D eigenvalue weighted by Gasteiger charge is -2.37. The number of carbonyl (C=O) groups is 1. The number of rotatable bonds is 5. The molecule has 1 aliphatic heterocycles. The average molecular weight is 419 g/mol. The van der Waals surface area contributed by atoms with Crippen LogP contribution < -0.4 is 0 Å². The van der Waals surface area contributed by atoms with Crippen molar-refractivity contribution in [3.63, 3.8) is 0 Å². The van der Waals surface area contributed by atoms with Gasteiger partial charge in [-0.05, 0) is 24.8 Å². The van der Waals surface area contributed by atoms with Crippen LogP contribution in [0.1, 0.15) is 48.2 Å². The first-order valence-corrected chi connectivity index (χ1v) is 12.7. The SMILES string of the molecule is CS(=O)(=O)Cc1c(C(=O)N2CCN(CC3CCCCC3)CC2)oc2ccccc12. The van der Waals surface area contributed by atoms with Crippen LogP contribution in [0.4, 0.5) is 0 Å². The zero-order valence-corrected chi connectivity index (χ0v) is 17.9. The number of sulfone groups is 1. The molecule has 0 N–H and O–H groups in total. The molecule has 1 saturated heterocycles. The smallest absolute Gasteiger partial charge is 0.290 e. The summed E-state index contributed by atoms with van der Waals surface area (Å²) in [5, 5.41) is 0.706. The molecule has 2 heterocycles. The van der Waals surface area contributed by atoms with Gasteiger partial charge in [0, 0.05) is 49.9 Å². The molecule has 0 bridgehead atoms. The number of hydrogen-bond acceptors (Lipinski definition) is 5. The molecule has 1 aromatic carbocycles. The Labute approximate surface area is 172 Å². The van der Waals surface area contributed by atoms with Gasteiger partial charge in [-0.1, -0.05) is 37.5 Å². The minimum atomic E-state index is -3.29. The molecule has 1 aliphatic carbocycles. The highest BCUT2D eigenvalue weighted by atomic mass is 32.2. The monoisotopic (exact) mass is 418 g/mol. The van der Waals surface area contributed by atoms with Crippen molar-refractivity contribution in [2.75, 3.05) is 39.0 Å². The maximum atomic E-state index is 13.2. The van der Waals surface area contributed by atoms with Gasteiger partial charge in [0.1, 0.15) is 5.58 Å². The first-order valence-electron chi connectivity index (χ1n) is 10.6. The molecule has 1 aromatic heterocycles. The van der Waals surface area contributed by atoms with Crippen molar-refractivity contribution >= 4 is 26.7 Å². The van der Waals surface area contributed by atoms with Gasteiger partial charge in [-0.15, -0.1) is 0 Å². The third kappa shape index (κ3) is 4.83. The van der Waals surface area contributed by atoms with Crippen LogP contribution in [0.5, 0.6) is 0 Å². The number of amides is 1. The average Bonchev–Trinajstić information content (AvgIpc) is 3.06. The Kier molecular flexibility index (Phi) is 5.97. The van der Waals surface area contributed by atoms with Crippen LogP contribution in [-0.2, 0) is 15.6 Å². The predicted molar refractivity (Wildman–Crippen MR) is 114 cm³/mol. The molecule has 0 spiro atoms. The molecular weight excluding hydrogens is 388 g/mol. The minimum absolute atomic E-state index is 0.178. The third-order valence-electron chi connectivity index (χ3n) is 6.20. The molecular formula is C22H30N2O4S. The van der Waals surface area contributed by atoms with Crippen molar-refractivity contribution < 1.29 is 17.6 Å². The summed E-state index contributed by atoms with van der Waals surface area (Å²) in [4.78, 5) is 17.5. The van der Waals surface area contributed by atoms with Crippen LogP contribution in [0.25, 0.3) is 11.0 Å². The first kappa shape index (κ1) is 20.4. The van der Waals surface area contributed by atoms with Crippen LogP contribution >= 0.6 is 0 Å². The van der Waals surface area contributed by atoms with Crippen LogP contribution in [0, 0.1) is 5.92 Å². The van der Waals surface area contributed by atoms with E-state index in [1.165, 1.54) is 38.4 Å². The number of benzene rings is 1. The van der Waals surface area contributed by atoms with E-state index in [1.807, 2.05) is 18.2 Å². The van der Waals surface area contributed by atoms with E-state index in [9.17, 15) is 13.2 Å². The third-order valence-corrected chi connectivity index (χ3v) is 7.01. The van der Waals surface area contributed by atoms with E-state index in [-0.39, 0.29) is 17.4 Å². The van der Waals surface area contributed by atoms with Crippen molar-refractivity contribution in [3.05, 3.63) is 35.6 Å². The fraction of sp³-hybridized carbons (Fsp3) is 0.591. The summed E-state index contributed by atoms with van der Waals surface area (Å²) in [6.45, 7) is 4.17. The summed E-state index contributed by atoms with van der Waals surface area (Å²) in [5.41, 5.74) is 1.04. The summed E-state index contributed by atoms with van der Waals surface area (Å²) < 4.78 is 29.7. The highest BCUT2D eigenvalue weighted by Crippen LogP contribution is 2.29. The van der Waals surface area contributed by atoms with E-state index in [0.717, 1.165) is 25.6 Å². The van der Waals surface area contributed by atoms with Crippen molar-refractivity contribution in [2.45, 2.75) is 37.9 Å². The second kappa shape index (κ2) is 8.48. The summed E-state index contributed by atoms with van der Waals surface area (Å²) in [6, 6.07) is 7.26. The Hall–Kier alpha value is -1.86. The van der Waals surface area contributed by atoms with E-state index < -0.39 is 9.84 Å². The Bertz CT molecular complexity index is 968. The molecule has 0 radical (unpaired) electrons. The molecule has 0 atom stereocenters. The molecule has 2 fully saturated rings. The normalized spacial score (nSPS) is 19.7. The lowest BCUT2D eigenvalue weighted by Crippen LogP contribution is -2.50. The molecule has 1 saturated carbocycles. The van der Waals surface area contributed by atoms with Gasteiger partial charge in [-0.25, -0.2) is 8.42 Å². The molecule has 29 heavy (non-hydrogen) atoms. The number of piperazine rings is 1. The van der Waals surface area contributed by atoms with Gasteiger partial charge >= 0.3 is 0 Å². The second-order valence-electron chi connectivity index (χ2n) is 8.57. The van der Waals surface area contributed by atoms with Crippen LogP contribution in [0.2, 0.25) is 0 Å². The highest BCUT2D eigenvalue weighted by molar-refractivity contribution is 7.89. The van der Waals surface area contributed by atoms with Crippen LogP contribution in [0.15, 0.2) is 28.7 Å². The van der Waals surface area contributed by atoms with Crippen LogP contribution in [0.3, 0.4) is 0 Å². The van der Waals surface area contributed by atoms with E-state index in [1.54, 1.807) is 11.0 Å². The van der Waals surface area contributed by atoms with Gasteiger partial charge in [0.15, 0.2) is 15.6 Å². The van der Waals surface area contributed by atoms with Crippen molar-refractivity contribution in [1.82, 2.24) is 9.80 Å². The number of para-hydroxylation sites is 1. The molecule has 2 aliphatic rings. The number of carbonyl (C=O) groups excluding carboxylic acids is 1. The lowest BCUT2D eigenvalue weighted by atomic mass is 9.89. The largest absolute Gasteiger partial charge is 0.451 e. The van der Waals surface area contributed by atoms with Gasteiger partial charge in [-0.2, -0.15) is 0 Å². The zero-order chi connectivity index (χ0) is 20.4. The number of fused-ring (bicyclic) bond motifs is 1. The fourth-order valence-electron chi connectivity index (χ4n) is 4.69. The Morgan fingerprint density at radius 1 is 1.07 bits per heavy atom. The molecule has 2 aromatic rings. The topological polar surface area (TPSA) is 70.8 Å². The molecule has 1 amide bonds. The van der Waals surface area contributed by atoms with Crippen molar-refractivity contribution in [3.8, 4) is 0 Å². The quantitative estimate of drug-likeness (QED) is 0.745.